The molecule has 1 aromatic heterocycles. The third-order valence-electron chi connectivity index (χ3n) is 4.43. The maximum atomic E-state index is 12.4. The van der Waals surface area contributed by atoms with Gasteiger partial charge in [0.05, 0.1) is 37.2 Å². The summed E-state index contributed by atoms with van der Waals surface area (Å²) >= 11 is 0. The van der Waals surface area contributed by atoms with E-state index in [0.717, 1.165) is 0 Å². The van der Waals surface area contributed by atoms with Crippen molar-refractivity contribution in [3.63, 3.8) is 0 Å². The van der Waals surface area contributed by atoms with Crippen LogP contribution < -0.4 is 10.3 Å². The van der Waals surface area contributed by atoms with Gasteiger partial charge in [-0.15, -0.1) is 0 Å². The first-order valence-corrected chi connectivity index (χ1v) is 7.97. The molecule has 0 bridgehead atoms. The van der Waals surface area contributed by atoms with E-state index in [1.807, 2.05) is 0 Å². The van der Waals surface area contributed by atoms with Crippen LogP contribution in [-0.4, -0.2) is 53.8 Å². The molecule has 8 nitrogen and oxygen atoms in total. The minimum Gasteiger partial charge on any atom is -0.479 e. The maximum absolute atomic E-state index is 12.4. The van der Waals surface area contributed by atoms with Crippen molar-refractivity contribution in [2.24, 2.45) is 0 Å². The Balaban J connectivity index is 2.24. The molecule has 1 N–H and O–H groups in total. The molecular formula is C18H19N3O5. The Kier molecular flexibility index (Phi) is 5.04. The first-order chi connectivity index (χ1) is 12.6. The van der Waals surface area contributed by atoms with Crippen molar-refractivity contribution >= 4 is 0 Å². The molecule has 0 amide bonds. The molecule has 136 valence electrons. The van der Waals surface area contributed by atoms with Crippen molar-refractivity contribution in [1.82, 2.24) is 9.55 Å². The fourth-order valence-corrected chi connectivity index (χ4v) is 3.31. The van der Waals surface area contributed by atoms with Crippen molar-refractivity contribution in [1.29, 1.82) is 5.26 Å². The Labute approximate surface area is 150 Å². The number of nitriles is 1. The highest BCUT2D eigenvalue weighted by atomic mass is 16.6. The van der Waals surface area contributed by atoms with Gasteiger partial charge in [0.15, 0.2) is 5.60 Å². The molecule has 2 aromatic rings. The number of hydrogen-bond acceptors (Lipinski definition) is 7. The standard InChI is InChI=1S/C18H19N3O5/c1-24-9-18(10-25-2)17(23)16(21-11-20-6-5-15(21)22)13-7-12(8-19)3-4-14(13)26-18/h3-7,11,16-17,23H,9-10H2,1-2H3/t16-,17+/m1/s1. The zero-order chi connectivity index (χ0) is 18.7. The third kappa shape index (κ3) is 2.97. The number of aromatic nitrogens is 2. The Morgan fingerprint density at radius 2 is 2.08 bits per heavy atom. The van der Waals surface area contributed by atoms with Crippen LogP contribution in [0.4, 0.5) is 0 Å². The smallest absolute Gasteiger partial charge is 0.253 e. The van der Waals surface area contributed by atoms with Crippen LogP contribution in [0.15, 0.2) is 41.6 Å². The van der Waals surface area contributed by atoms with Gasteiger partial charge in [-0.05, 0) is 18.2 Å². The van der Waals surface area contributed by atoms with Crippen LogP contribution in [0.3, 0.4) is 0 Å². The fraction of sp³-hybridized carbons (Fsp3) is 0.389. The molecule has 2 atom stereocenters. The maximum Gasteiger partial charge on any atom is 0.253 e. The number of ether oxygens (including phenoxy) is 3. The number of aliphatic hydroxyl groups is 1. The molecule has 26 heavy (non-hydrogen) atoms. The number of hydrogen-bond donors (Lipinski definition) is 1. The topological polar surface area (TPSA) is 107 Å². The highest BCUT2D eigenvalue weighted by Crippen LogP contribution is 2.42. The number of fused-ring (bicyclic) bond motifs is 1. The first kappa shape index (κ1) is 18.1. The summed E-state index contributed by atoms with van der Waals surface area (Å²) in [5, 5.41) is 20.4. The Morgan fingerprint density at radius 1 is 1.35 bits per heavy atom. The van der Waals surface area contributed by atoms with E-state index in [9.17, 15) is 15.2 Å². The van der Waals surface area contributed by atoms with Crippen molar-refractivity contribution in [3.8, 4) is 11.8 Å². The van der Waals surface area contributed by atoms with E-state index in [4.69, 9.17) is 14.2 Å². The van der Waals surface area contributed by atoms with E-state index in [2.05, 4.69) is 11.1 Å². The van der Waals surface area contributed by atoms with E-state index in [1.54, 1.807) is 18.2 Å². The highest BCUT2D eigenvalue weighted by molar-refractivity contribution is 5.47. The lowest BCUT2D eigenvalue weighted by atomic mass is 9.84. The van der Waals surface area contributed by atoms with E-state index >= 15 is 0 Å². The number of aliphatic hydroxyl groups excluding tert-OH is 1. The molecule has 8 heteroatoms. The lowest BCUT2D eigenvalue weighted by molar-refractivity contribution is -0.148. The number of benzene rings is 1. The van der Waals surface area contributed by atoms with Gasteiger partial charge in [0, 0.05) is 32.0 Å². The van der Waals surface area contributed by atoms with Gasteiger partial charge in [-0.1, -0.05) is 0 Å². The lowest BCUT2D eigenvalue weighted by Gasteiger charge is -2.45. The summed E-state index contributed by atoms with van der Waals surface area (Å²) in [6.45, 7) is 0.0971. The first-order valence-electron chi connectivity index (χ1n) is 7.97. The van der Waals surface area contributed by atoms with Crippen LogP contribution in [0.25, 0.3) is 0 Å². The Hall–Kier alpha value is -2.73. The molecule has 0 unspecified atom stereocenters. The van der Waals surface area contributed by atoms with E-state index in [1.165, 1.54) is 37.4 Å². The summed E-state index contributed by atoms with van der Waals surface area (Å²) in [4.78, 5) is 16.4. The summed E-state index contributed by atoms with van der Waals surface area (Å²) in [5.41, 5.74) is -0.630. The predicted molar refractivity (Wildman–Crippen MR) is 90.9 cm³/mol. The van der Waals surface area contributed by atoms with E-state index in [-0.39, 0.29) is 18.8 Å². The number of methoxy groups -OCH3 is 2. The molecule has 0 aliphatic carbocycles. The average Bonchev–Trinajstić information content (AvgIpc) is 2.64. The largest absolute Gasteiger partial charge is 0.479 e. The van der Waals surface area contributed by atoms with Gasteiger partial charge < -0.3 is 19.3 Å². The number of nitrogens with zero attached hydrogens (tertiary/aromatic N) is 3. The van der Waals surface area contributed by atoms with Crippen molar-refractivity contribution in [2.75, 3.05) is 27.4 Å². The summed E-state index contributed by atoms with van der Waals surface area (Å²) < 4.78 is 17.9. The second-order valence-electron chi connectivity index (χ2n) is 6.11. The Morgan fingerprint density at radius 3 is 2.69 bits per heavy atom. The molecule has 1 aliphatic heterocycles. The second-order valence-corrected chi connectivity index (χ2v) is 6.11. The second kappa shape index (κ2) is 7.25. The zero-order valence-electron chi connectivity index (χ0n) is 14.5. The predicted octanol–water partition coefficient (Wildman–Crippen LogP) is 0.489. The number of rotatable bonds is 5. The summed E-state index contributed by atoms with van der Waals surface area (Å²) in [7, 11) is 2.99. The fourth-order valence-electron chi connectivity index (χ4n) is 3.31. The highest BCUT2D eigenvalue weighted by Gasteiger charge is 2.51. The van der Waals surface area contributed by atoms with Crippen LogP contribution in [0.2, 0.25) is 0 Å². The van der Waals surface area contributed by atoms with Crippen molar-refractivity contribution in [3.05, 3.63) is 58.3 Å². The Bertz CT molecular complexity index is 883. The van der Waals surface area contributed by atoms with E-state index < -0.39 is 17.7 Å². The van der Waals surface area contributed by atoms with Crippen molar-refractivity contribution < 1.29 is 19.3 Å². The van der Waals surface area contributed by atoms with Crippen LogP contribution in [0, 0.1) is 11.3 Å². The van der Waals surface area contributed by atoms with Gasteiger partial charge in [-0.25, -0.2) is 4.98 Å². The van der Waals surface area contributed by atoms with Gasteiger partial charge in [0.1, 0.15) is 11.9 Å². The average molecular weight is 357 g/mol. The molecule has 3 rings (SSSR count). The van der Waals surface area contributed by atoms with Gasteiger partial charge >= 0.3 is 0 Å². The van der Waals surface area contributed by atoms with Crippen LogP contribution in [-0.2, 0) is 9.47 Å². The van der Waals surface area contributed by atoms with Crippen molar-refractivity contribution in [2.45, 2.75) is 17.7 Å². The molecule has 0 radical (unpaired) electrons. The van der Waals surface area contributed by atoms with Gasteiger partial charge in [0.25, 0.3) is 5.56 Å². The van der Waals surface area contributed by atoms with Crippen LogP contribution in [0.1, 0.15) is 17.2 Å². The molecular weight excluding hydrogens is 338 g/mol. The SMILES string of the molecule is COCC1(COC)Oc2ccc(C#N)cc2[C@@H](n2cnccc2=O)[C@@H]1O. The van der Waals surface area contributed by atoms with Gasteiger partial charge in [0.2, 0.25) is 0 Å². The molecule has 0 saturated heterocycles. The van der Waals surface area contributed by atoms with Crippen LogP contribution >= 0.6 is 0 Å². The molecule has 0 fully saturated rings. The van der Waals surface area contributed by atoms with Gasteiger partial charge in [-0.2, -0.15) is 5.26 Å². The summed E-state index contributed by atoms with van der Waals surface area (Å²) in [6.07, 6.45) is 1.56. The molecule has 1 aromatic carbocycles. The third-order valence-corrected chi connectivity index (χ3v) is 4.43. The quantitative estimate of drug-likeness (QED) is 0.830. The minimum absolute atomic E-state index is 0.0486. The molecule has 2 heterocycles. The summed E-state index contributed by atoms with van der Waals surface area (Å²) in [6, 6.07) is 7.43. The normalized spacial score (nSPS) is 20.7. The lowest BCUT2D eigenvalue weighted by Crippen LogP contribution is -2.61. The molecule has 1 aliphatic rings. The molecule has 0 spiro atoms. The summed E-state index contributed by atoms with van der Waals surface area (Å²) in [5.74, 6) is 0.448. The zero-order valence-corrected chi connectivity index (χ0v) is 14.5. The molecule has 0 saturated carbocycles. The van der Waals surface area contributed by atoms with Crippen LogP contribution in [0.5, 0.6) is 5.75 Å². The van der Waals surface area contributed by atoms with Gasteiger partial charge in [-0.3, -0.25) is 9.36 Å². The van der Waals surface area contributed by atoms with E-state index in [0.29, 0.717) is 16.9 Å². The monoisotopic (exact) mass is 357 g/mol. The minimum atomic E-state index is -1.22.